The van der Waals surface area contributed by atoms with Crippen molar-refractivity contribution in [2.75, 3.05) is 13.1 Å². The molecule has 1 aliphatic rings. The molecular weight excluding hydrogens is 242 g/mol. The topological polar surface area (TPSA) is 21.3 Å². The fraction of sp³-hybridized carbons (Fsp3) is 0.667. The van der Waals surface area contributed by atoms with Crippen LogP contribution in [0.25, 0.3) is 0 Å². The maximum Gasteiger partial charge on any atom is 0.105 e. The lowest BCUT2D eigenvalue weighted by Crippen LogP contribution is -2.48. The lowest BCUT2D eigenvalue weighted by Gasteiger charge is -2.39. The Morgan fingerprint density at radius 3 is 3.06 bits per heavy atom. The number of rotatable bonds is 3. The maximum absolute atomic E-state index is 6.20. The zero-order chi connectivity index (χ0) is 11.6. The number of thiophene rings is 1. The molecule has 1 aromatic heterocycles. The van der Waals surface area contributed by atoms with Crippen molar-refractivity contribution in [3.05, 3.63) is 21.3 Å². The Bertz CT molecular complexity index is 351. The van der Waals surface area contributed by atoms with E-state index in [0.717, 1.165) is 30.3 Å². The van der Waals surface area contributed by atoms with Gasteiger partial charge in [-0.15, -0.1) is 11.3 Å². The van der Waals surface area contributed by atoms with Crippen molar-refractivity contribution in [1.29, 1.82) is 0 Å². The minimum Gasteiger partial charge on any atom is -0.364 e. The van der Waals surface area contributed by atoms with Crippen LogP contribution in [0.5, 0.6) is 0 Å². The van der Waals surface area contributed by atoms with Crippen LogP contribution in [0.2, 0.25) is 4.34 Å². The monoisotopic (exact) mass is 259 g/mol. The minimum atomic E-state index is -0.0336. The molecule has 4 heteroatoms. The van der Waals surface area contributed by atoms with Crippen LogP contribution in [0.4, 0.5) is 0 Å². The number of halogens is 1. The van der Waals surface area contributed by atoms with Gasteiger partial charge < -0.3 is 10.1 Å². The molecule has 2 atom stereocenters. The molecule has 0 bridgehead atoms. The molecule has 1 aliphatic heterocycles. The van der Waals surface area contributed by atoms with Gasteiger partial charge in [0.15, 0.2) is 0 Å². The maximum atomic E-state index is 6.20. The predicted molar refractivity (Wildman–Crippen MR) is 69.3 cm³/mol. The molecule has 1 aromatic rings. The fourth-order valence-corrected chi connectivity index (χ4v) is 3.32. The van der Waals surface area contributed by atoms with Crippen molar-refractivity contribution in [3.8, 4) is 0 Å². The first kappa shape index (κ1) is 12.4. The van der Waals surface area contributed by atoms with Crippen LogP contribution in [-0.2, 0) is 4.74 Å². The lowest BCUT2D eigenvalue weighted by atomic mass is 9.98. The average molecular weight is 260 g/mol. The molecule has 16 heavy (non-hydrogen) atoms. The summed E-state index contributed by atoms with van der Waals surface area (Å²) in [6.45, 7) is 6.21. The summed E-state index contributed by atoms with van der Waals surface area (Å²) >= 11 is 7.57. The van der Waals surface area contributed by atoms with Gasteiger partial charge in [-0.25, -0.2) is 0 Å². The van der Waals surface area contributed by atoms with Crippen LogP contribution >= 0.6 is 22.9 Å². The third-order valence-electron chi connectivity index (χ3n) is 2.95. The van der Waals surface area contributed by atoms with Crippen molar-refractivity contribution in [1.82, 2.24) is 5.32 Å². The summed E-state index contributed by atoms with van der Waals surface area (Å²) in [6, 6.07) is 4.01. The Hall–Kier alpha value is -0.0900. The zero-order valence-corrected chi connectivity index (χ0v) is 11.3. The number of ether oxygens (including phenoxy) is 1. The van der Waals surface area contributed by atoms with Gasteiger partial charge in [-0.2, -0.15) is 0 Å². The molecule has 2 heterocycles. The van der Waals surface area contributed by atoms with E-state index in [2.05, 4.69) is 25.2 Å². The van der Waals surface area contributed by atoms with E-state index in [1.807, 2.05) is 6.07 Å². The van der Waals surface area contributed by atoms with Gasteiger partial charge >= 0.3 is 0 Å². The second-order valence-electron chi connectivity index (χ2n) is 4.58. The molecule has 0 aliphatic carbocycles. The van der Waals surface area contributed by atoms with Crippen molar-refractivity contribution in [3.63, 3.8) is 0 Å². The van der Waals surface area contributed by atoms with Crippen LogP contribution in [0.15, 0.2) is 12.1 Å². The summed E-state index contributed by atoms with van der Waals surface area (Å²) < 4.78 is 7.04. The van der Waals surface area contributed by atoms with Gasteiger partial charge in [0.05, 0.1) is 9.94 Å². The van der Waals surface area contributed by atoms with Crippen molar-refractivity contribution >= 4 is 22.9 Å². The molecule has 0 spiro atoms. The molecule has 0 radical (unpaired) electrons. The molecular formula is C12H18ClNOS. The third kappa shape index (κ3) is 2.77. The number of hydrogen-bond acceptors (Lipinski definition) is 3. The first-order valence-corrected chi connectivity index (χ1v) is 6.96. The van der Waals surface area contributed by atoms with Crippen molar-refractivity contribution in [2.45, 2.75) is 38.4 Å². The zero-order valence-electron chi connectivity index (χ0n) is 9.75. The normalized spacial score (nSPS) is 30.6. The smallest absolute Gasteiger partial charge is 0.105 e. The summed E-state index contributed by atoms with van der Waals surface area (Å²) in [4.78, 5) is 1.22. The van der Waals surface area contributed by atoms with E-state index in [1.54, 1.807) is 11.3 Å². The Morgan fingerprint density at radius 2 is 2.44 bits per heavy atom. The van der Waals surface area contributed by atoms with Crippen molar-refractivity contribution in [2.24, 2.45) is 0 Å². The molecule has 1 N–H and O–H groups in total. The highest BCUT2D eigenvalue weighted by atomic mass is 35.5. The molecule has 0 saturated carbocycles. The van der Waals surface area contributed by atoms with E-state index < -0.39 is 0 Å². The van der Waals surface area contributed by atoms with E-state index in [4.69, 9.17) is 16.3 Å². The Morgan fingerprint density at radius 1 is 1.62 bits per heavy atom. The molecule has 0 aromatic carbocycles. The summed E-state index contributed by atoms with van der Waals surface area (Å²) in [5.74, 6) is 0. The summed E-state index contributed by atoms with van der Waals surface area (Å²) in [5.41, 5.74) is -0.0336. The summed E-state index contributed by atoms with van der Waals surface area (Å²) in [5, 5.41) is 3.46. The standard InChI is InChI=1S/C12H18ClNOS/c1-3-6-12(2)8-14-7-9(15-12)10-4-5-11(13)16-10/h4-5,9,14H,3,6-8H2,1-2H3. The number of morpholine rings is 1. The third-order valence-corrected chi connectivity index (χ3v) is 4.27. The molecule has 2 rings (SSSR count). The van der Waals surface area contributed by atoms with Gasteiger partial charge in [-0.05, 0) is 25.5 Å². The van der Waals surface area contributed by atoms with E-state index in [9.17, 15) is 0 Å². The Labute approximate surface area is 106 Å². The van der Waals surface area contributed by atoms with Crippen molar-refractivity contribution < 1.29 is 4.74 Å². The van der Waals surface area contributed by atoms with E-state index >= 15 is 0 Å². The van der Waals surface area contributed by atoms with Gasteiger partial charge in [-0.3, -0.25) is 0 Å². The van der Waals surface area contributed by atoms with Crippen LogP contribution in [0, 0.1) is 0 Å². The van der Waals surface area contributed by atoms with Gasteiger partial charge in [0.25, 0.3) is 0 Å². The first-order chi connectivity index (χ1) is 7.63. The highest BCUT2D eigenvalue weighted by molar-refractivity contribution is 7.16. The van der Waals surface area contributed by atoms with Gasteiger partial charge in [0, 0.05) is 18.0 Å². The molecule has 0 amide bonds. The van der Waals surface area contributed by atoms with Crippen LogP contribution in [-0.4, -0.2) is 18.7 Å². The quantitative estimate of drug-likeness (QED) is 0.895. The SMILES string of the molecule is CCCC1(C)CNCC(c2ccc(Cl)s2)O1. The summed E-state index contributed by atoms with van der Waals surface area (Å²) in [7, 11) is 0. The van der Waals surface area contributed by atoms with E-state index in [0.29, 0.717) is 0 Å². The van der Waals surface area contributed by atoms with Gasteiger partial charge in [0.1, 0.15) is 6.10 Å². The molecule has 1 fully saturated rings. The highest BCUT2D eigenvalue weighted by Crippen LogP contribution is 2.34. The molecule has 1 saturated heterocycles. The van der Waals surface area contributed by atoms with Crippen LogP contribution in [0.3, 0.4) is 0 Å². The Balaban J connectivity index is 2.07. The first-order valence-electron chi connectivity index (χ1n) is 5.77. The summed E-state index contributed by atoms with van der Waals surface area (Å²) in [6.07, 6.45) is 2.40. The Kier molecular flexibility index (Phi) is 3.90. The molecule has 90 valence electrons. The average Bonchev–Trinajstić information content (AvgIpc) is 2.65. The number of nitrogens with one attached hydrogen (secondary N) is 1. The van der Waals surface area contributed by atoms with Crippen LogP contribution < -0.4 is 5.32 Å². The highest BCUT2D eigenvalue weighted by Gasteiger charge is 2.33. The second-order valence-corrected chi connectivity index (χ2v) is 6.33. The molecule has 2 nitrogen and oxygen atoms in total. The van der Waals surface area contributed by atoms with Gasteiger partial charge in [-0.1, -0.05) is 24.9 Å². The van der Waals surface area contributed by atoms with E-state index in [-0.39, 0.29) is 11.7 Å². The van der Waals surface area contributed by atoms with Crippen LogP contribution in [0.1, 0.15) is 37.7 Å². The largest absolute Gasteiger partial charge is 0.364 e. The fourth-order valence-electron chi connectivity index (χ4n) is 2.23. The predicted octanol–water partition coefficient (Wildman–Crippen LogP) is 3.62. The van der Waals surface area contributed by atoms with Gasteiger partial charge in [0.2, 0.25) is 0 Å². The second kappa shape index (κ2) is 5.05. The minimum absolute atomic E-state index is 0.0336. The lowest BCUT2D eigenvalue weighted by molar-refractivity contribution is -0.110. The number of hydrogen-bond donors (Lipinski definition) is 1. The molecule has 2 unspecified atom stereocenters. The van der Waals surface area contributed by atoms with E-state index in [1.165, 1.54) is 4.88 Å².